The number of carbonyl (C=O) groups is 1. The molecule has 0 saturated heterocycles. The van der Waals surface area contributed by atoms with Gasteiger partial charge >= 0.3 is 0 Å². The van der Waals surface area contributed by atoms with Crippen molar-refractivity contribution in [2.75, 3.05) is 11.9 Å². The van der Waals surface area contributed by atoms with Crippen LogP contribution in [0.3, 0.4) is 0 Å². The van der Waals surface area contributed by atoms with Crippen molar-refractivity contribution < 1.29 is 9.21 Å². The van der Waals surface area contributed by atoms with Crippen molar-refractivity contribution >= 4 is 54.8 Å². The minimum absolute atomic E-state index is 0.0710. The zero-order chi connectivity index (χ0) is 18.5. The molecule has 136 valence electrons. The second kappa shape index (κ2) is 8.99. The van der Waals surface area contributed by atoms with Crippen LogP contribution in [-0.2, 0) is 17.9 Å². The molecule has 4 nitrogen and oxygen atoms in total. The van der Waals surface area contributed by atoms with Gasteiger partial charge in [0.2, 0.25) is 5.91 Å². The Balaban J connectivity index is 1.70. The molecule has 0 aliphatic heterocycles. The van der Waals surface area contributed by atoms with E-state index in [2.05, 4.69) is 48.1 Å². The fourth-order valence-electron chi connectivity index (χ4n) is 2.61. The minimum Gasteiger partial charge on any atom is -0.468 e. The summed E-state index contributed by atoms with van der Waals surface area (Å²) in [5, 5.41) is 5.04. The summed E-state index contributed by atoms with van der Waals surface area (Å²) in [5.74, 6) is 0.769. The van der Waals surface area contributed by atoms with Gasteiger partial charge in [-0.05, 0) is 80.1 Å². The Bertz CT molecular complexity index is 805. The lowest BCUT2D eigenvalue weighted by atomic mass is 10.2. The Morgan fingerprint density at radius 1 is 1.19 bits per heavy atom. The van der Waals surface area contributed by atoms with E-state index in [0.29, 0.717) is 13.1 Å². The first-order chi connectivity index (χ1) is 12.5. The summed E-state index contributed by atoms with van der Waals surface area (Å²) in [6.07, 6.45) is 1.65. The fraction of sp³-hybridized carbons (Fsp3) is 0.211. The van der Waals surface area contributed by atoms with Crippen molar-refractivity contribution in [2.24, 2.45) is 0 Å². The number of furan rings is 1. The number of rotatable bonds is 7. The molecule has 0 fully saturated rings. The second-order valence-corrected chi connectivity index (χ2v) is 8.70. The minimum atomic E-state index is -0.0710. The first-order valence-electron chi connectivity index (χ1n) is 8.04. The number of hydrogen-bond donors (Lipinski definition) is 1. The zero-order valence-corrected chi connectivity index (χ0v) is 18.2. The predicted octanol–water partition coefficient (Wildman–Crippen LogP) is 5.82. The fourth-order valence-corrected chi connectivity index (χ4v) is 4.97. The third kappa shape index (κ3) is 5.30. The number of aryl methyl sites for hydroxylation is 1. The number of carbonyl (C=O) groups excluding carboxylic acids is 1. The monoisotopic (exact) mass is 496 g/mol. The van der Waals surface area contributed by atoms with E-state index in [1.54, 1.807) is 17.6 Å². The molecule has 3 rings (SSSR count). The van der Waals surface area contributed by atoms with Gasteiger partial charge in [0.25, 0.3) is 0 Å². The van der Waals surface area contributed by atoms with E-state index in [0.717, 1.165) is 26.0 Å². The highest BCUT2D eigenvalue weighted by atomic mass is 79.9. The van der Waals surface area contributed by atoms with Crippen molar-refractivity contribution in [1.82, 2.24) is 4.90 Å². The Morgan fingerprint density at radius 3 is 2.58 bits per heavy atom. The molecule has 3 aromatic rings. The van der Waals surface area contributed by atoms with Crippen LogP contribution in [0.1, 0.15) is 16.2 Å². The normalized spacial score (nSPS) is 11.1. The third-order valence-corrected chi connectivity index (χ3v) is 5.85. The molecule has 0 spiro atoms. The average molecular weight is 498 g/mol. The summed E-state index contributed by atoms with van der Waals surface area (Å²) in [7, 11) is 0. The Kier molecular flexibility index (Phi) is 6.69. The average Bonchev–Trinajstić information content (AvgIpc) is 3.24. The summed E-state index contributed by atoms with van der Waals surface area (Å²) in [6, 6.07) is 11.8. The maximum atomic E-state index is 12.6. The first kappa shape index (κ1) is 19.4. The molecular weight excluding hydrogens is 480 g/mol. The van der Waals surface area contributed by atoms with E-state index in [1.165, 1.54) is 4.88 Å². The highest BCUT2D eigenvalue weighted by molar-refractivity contribution is 9.11. The van der Waals surface area contributed by atoms with Gasteiger partial charge in [-0.25, -0.2) is 0 Å². The maximum absolute atomic E-state index is 12.6. The van der Waals surface area contributed by atoms with Crippen molar-refractivity contribution in [2.45, 2.75) is 20.0 Å². The second-order valence-electron chi connectivity index (χ2n) is 5.96. The van der Waals surface area contributed by atoms with Gasteiger partial charge in [0.05, 0.1) is 25.0 Å². The van der Waals surface area contributed by atoms with Gasteiger partial charge in [-0.15, -0.1) is 11.3 Å². The summed E-state index contributed by atoms with van der Waals surface area (Å²) in [5.41, 5.74) is 1.86. The topological polar surface area (TPSA) is 45.5 Å². The Labute approximate surface area is 173 Å². The number of hydrogen-bond acceptors (Lipinski definition) is 4. The van der Waals surface area contributed by atoms with Gasteiger partial charge in [0, 0.05) is 20.4 Å². The van der Waals surface area contributed by atoms with Crippen molar-refractivity contribution in [3.05, 3.63) is 73.2 Å². The molecule has 0 saturated carbocycles. The lowest BCUT2D eigenvalue weighted by molar-refractivity contribution is -0.117. The first-order valence-corrected chi connectivity index (χ1v) is 10.5. The van der Waals surface area contributed by atoms with Crippen LogP contribution < -0.4 is 5.32 Å². The predicted molar refractivity (Wildman–Crippen MR) is 112 cm³/mol. The van der Waals surface area contributed by atoms with Gasteiger partial charge in [0.15, 0.2) is 0 Å². The standard InChI is InChI=1S/C19H18Br2N2O2S/c1-13-8-16(20)19(17(21)9-13)22-18(24)12-23(10-14-4-2-6-25-14)11-15-5-3-7-26-15/h2-9H,10-12H2,1H3,(H,22,24). The molecule has 1 amide bonds. The molecule has 2 heterocycles. The highest BCUT2D eigenvalue weighted by Gasteiger charge is 2.16. The summed E-state index contributed by atoms with van der Waals surface area (Å²) >= 11 is 8.72. The molecule has 0 aliphatic rings. The molecule has 1 aromatic carbocycles. The van der Waals surface area contributed by atoms with Gasteiger partial charge < -0.3 is 9.73 Å². The molecule has 0 unspecified atom stereocenters. The van der Waals surface area contributed by atoms with E-state index < -0.39 is 0 Å². The SMILES string of the molecule is Cc1cc(Br)c(NC(=O)CN(Cc2ccco2)Cc2cccs2)c(Br)c1. The van der Waals surface area contributed by atoms with E-state index in [9.17, 15) is 4.79 Å². The molecule has 7 heteroatoms. The number of benzene rings is 1. The maximum Gasteiger partial charge on any atom is 0.238 e. The molecule has 2 aromatic heterocycles. The molecule has 26 heavy (non-hydrogen) atoms. The number of thiophene rings is 1. The van der Waals surface area contributed by atoms with E-state index >= 15 is 0 Å². The van der Waals surface area contributed by atoms with Crippen LogP contribution in [0.5, 0.6) is 0 Å². The molecular formula is C19H18Br2N2O2S. The third-order valence-electron chi connectivity index (χ3n) is 3.74. The van der Waals surface area contributed by atoms with Crippen LogP contribution in [0.15, 0.2) is 61.4 Å². The van der Waals surface area contributed by atoms with Crippen LogP contribution >= 0.6 is 43.2 Å². The summed E-state index contributed by atoms with van der Waals surface area (Å²) < 4.78 is 7.16. The number of nitrogens with zero attached hydrogens (tertiary/aromatic N) is 1. The Morgan fingerprint density at radius 2 is 1.96 bits per heavy atom. The van der Waals surface area contributed by atoms with Crippen LogP contribution in [0.25, 0.3) is 0 Å². The van der Waals surface area contributed by atoms with Crippen LogP contribution in [0.2, 0.25) is 0 Å². The number of halogens is 2. The van der Waals surface area contributed by atoms with Crippen LogP contribution in [-0.4, -0.2) is 17.4 Å². The quantitative estimate of drug-likeness (QED) is 0.447. The van der Waals surface area contributed by atoms with Crippen LogP contribution in [0.4, 0.5) is 5.69 Å². The largest absolute Gasteiger partial charge is 0.468 e. The summed E-state index contributed by atoms with van der Waals surface area (Å²) in [6.45, 7) is 3.55. The molecule has 0 atom stereocenters. The lowest BCUT2D eigenvalue weighted by Crippen LogP contribution is -2.32. The van der Waals surface area contributed by atoms with E-state index in [4.69, 9.17) is 4.42 Å². The lowest BCUT2D eigenvalue weighted by Gasteiger charge is -2.20. The Hall–Kier alpha value is -1.41. The molecule has 0 bridgehead atoms. The van der Waals surface area contributed by atoms with Crippen molar-refractivity contribution in [3.8, 4) is 0 Å². The highest BCUT2D eigenvalue weighted by Crippen LogP contribution is 2.32. The van der Waals surface area contributed by atoms with Crippen LogP contribution in [0, 0.1) is 6.92 Å². The molecule has 0 aliphatic carbocycles. The van der Waals surface area contributed by atoms with Crippen molar-refractivity contribution in [3.63, 3.8) is 0 Å². The van der Waals surface area contributed by atoms with Gasteiger partial charge in [-0.2, -0.15) is 0 Å². The van der Waals surface area contributed by atoms with Gasteiger partial charge in [-0.1, -0.05) is 6.07 Å². The molecule has 1 N–H and O–H groups in total. The van der Waals surface area contributed by atoms with Crippen molar-refractivity contribution in [1.29, 1.82) is 0 Å². The zero-order valence-electron chi connectivity index (χ0n) is 14.2. The van der Waals surface area contributed by atoms with E-state index in [-0.39, 0.29) is 12.5 Å². The summed E-state index contributed by atoms with van der Waals surface area (Å²) in [4.78, 5) is 15.9. The number of anilines is 1. The van der Waals surface area contributed by atoms with Gasteiger partial charge in [0.1, 0.15) is 5.76 Å². The number of nitrogens with one attached hydrogen (secondary N) is 1. The van der Waals surface area contributed by atoms with Gasteiger partial charge in [-0.3, -0.25) is 9.69 Å². The van der Waals surface area contributed by atoms with E-state index in [1.807, 2.05) is 42.6 Å². The molecule has 0 radical (unpaired) electrons. The smallest absolute Gasteiger partial charge is 0.238 e. The number of amides is 1.